The molecule has 4 heteroatoms. The van der Waals surface area contributed by atoms with Crippen LogP contribution < -0.4 is 10.5 Å². The van der Waals surface area contributed by atoms with E-state index >= 15 is 0 Å². The third kappa shape index (κ3) is 2.64. The number of nitrogen functional groups attached to an aromatic ring is 1. The molecule has 0 bridgehead atoms. The molecule has 0 saturated carbocycles. The van der Waals surface area contributed by atoms with Crippen molar-refractivity contribution in [1.29, 1.82) is 0 Å². The zero-order valence-corrected chi connectivity index (χ0v) is 12.0. The Morgan fingerprint density at radius 2 is 1.89 bits per heavy atom. The number of thiazole rings is 1. The van der Waals surface area contributed by atoms with Gasteiger partial charge in [-0.1, -0.05) is 6.07 Å². The first-order valence-corrected chi connectivity index (χ1v) is 6.71. The van der Waals surface area contributed by atoms with Crippen LogP contribution in [0.3, 0.4) is 0 Å². The summed E-state index contributed by atoms with van der Waals surface area (Å²) in [4.78, 5) is 5.70. The Morgan fingerprint density at radius 3 is 2.50 bits per heavy atom. The number of anilines is 1. The summed E-state index contributed by atoms with van der Waals surface area (Å²) in [6.45, 7) is 8.62. The van der Waals surface area contributed by atoms with Crippen LogP contribution in [0.25, 0.3) is 0 Å². The fraction of sp³-hybridized carbons (Fsp3) is 0.357. The summed E-state index contributed by atoms with van der Waals surface area (Å²) in [6.07, 6.45) is 0. The summed E-state index contributed by atoms with van der Waals surface area (Å²) in [5, 5.41) is 1.00. The van der Waals surface area contributed by atoms with E-state index < -0.39 is 0 Å². The van der Waals surface area contributed by atoms with Gasteiger partial charge in [-0.05, 0) is 38.8 Å². The molecule has 3 nitrogen and oxygen atoms in total. The Kier molecular flexibility index (Phi) is 3.57. The summed E-state index contributed by atoms with van der Waals surface area (Å²) in [6, 6.07) is 3.93. The van der Waals surface area contributed by atoms with E-state index in [1.807, 2.05) is 32.9 Å². The molecule has 0 aliphatic rings. The fourth-order valence-corrected chi connectivity index (χ4v) is 2.59. The smallest absolute Gasteiger partial charge is 0.140 e. The summed E-state index contributed by atoms with van der Waals surface area (Å²) < 4.78 is 5.79. The third-order valence-corrected chi connectivity index (χ3v) is 4.03. The van der Waals surface area contributed by atoms with Crippen LogP contribution in [0.15, 0.2) is 12.1 Å². The van der Waals surface area contributed by atoms with Gasteiger partial charge in [0.25, 0.3) is 0 Å². The highest BCUT2D eigenvalue weighted by Gasteiger charge is 2.07. The van der Waals surface area contributed by atoms with Crippen molar-refractivity contribution in [2.45, 2.75) is 34.3 Å². The van der Waals surface area contributed by atoms with Crippen molar-refractivity contribution < 1.29 is 4.74 Å². The van der Waals surface area contributed by atoms with Gasteiger partial charge in [-0.2, -0.15) is 0 Å². The van der Waals surface area contributed by atoms with Crippen LogP contribution in [-0.4, -0.2) is 4.98 Å². The number of ether oxygens (including phenoxy) is 1. The predicted octanol–water partition coefficient (Wildman–Crippen LogP) is 3.54. The Bertz CT molecular complexity index is 556. The number of benzene rings is 1. The number of hydrogen-bond acceptors (Lipinski definition) is 4. The molecule has 0 amide bonds. The molecule has 1 aromatic heterocycles. The highest BCUT2D eigenvalue weighted by atomic mass is 32.1. The Balaban J connectivity index is 2.13. The maximum Gasteiger partial charge on any atom is 0.140 e. The zero-order chi connectivity index (χ0) is 13.3. The highest BCUT2D eigenvalue weighted by molar-refractivity contribution is 7.11. The lowest BCUT2D eigenvalue weighted by molar-refractivity contribution is 0.303. The highest BCUT2D eigenvalue weighted by Crippen LogP contribution is 2.26. The van der Waals surface area contributed by atoms with E-state index in [1.54, 1.807) is 11.3 Å². The average molecular weight is 262 g/mol. The lowest BCUT2D eigenvalue weighted by Gasteiger charge is -2.10. The van der Waals surface area contributed by atoms with Gasteiger partial charge in [0.15, 0.2) is 0 Å². The molecule has 2 aromatic rings. The second kappa shape index (κ2) is 4.98. The molecular weight excluding hydrogens is 244 g/mol. The zero-order valence-electron chi connectivity index (χ0n) is 11.2. The van der Waals surface area contributed by atoms with Gasteiger partial charge in [0.2, 0.25) is 0 Å². The molecule has 2 N–H and O–H groups in total. The molecule has 0 spiro atoms. The first-order valence-electron chi connectivity index (χ1n) is 5.90. The molecule has 0 atom stereocenters. The summed E-state index contributed by atoms with van der Waals surface area (Å²) in [5.41, 5.74) is 9.93. The largest absolute Gasteiger partial charge is 0.486 e. The number of nitrogens with zero attached hydrogens (tertiary/aromatic N) is 1. The van der Waals surface area contributed by atoms with E-state index in [2.05, 4.69) is 11.9 Å². The average Bonchev–Trinajstić information content (AvgIpc) is 2.62. The summed E-state index contributed by atoms with van der Waals surface area (Å²) in [7, 11) is 0. The summed E-state index contributed by atoms with van der Waals surface area (Å²) in [5.74, 6) is 0.837. The normalized spacial score (nSPS) is 10.7. The monoisotopic (exact) mass is 262 g/mol. The number of nitrogens with two attached hydrogens (primary N) is 1. The molecule has 0 aliphatic carbocycles. The van der Waals surface area contributed by atoms with Crippen LogP contribution in [-0.2, 0) is 6.61 Å². The van der Waals surface area contributed by atoms with Crippen molar-refractivity contribution >= 4 is 17.0 Å². The molecular formula is C14H18N2OS. The second-order valence-corrected chi connectivity index (χ2v) is 5.80. The van der Waals surface area contributed by atoms with Gasteiger partial charge in [-0.25, -0.2) is 4.98 Å². The molecule has 18 heavy (non-hydrogen) atoms. The maximum absolute atomic E-state index is 5.89. The lowest BCUT2D eigenvalue weighted by atomic mass is 10.1. The van der Waals surface area contributed by atoms with Gasteiger partial charge >= 0.3 is 0 Å². The third-order valence-electron chi connectivity index (χ3n) is 2.99. The van der Waals surface area contributed by atoms with Crippen molar-refractivity contribution in [1.82, 2.24) is 4.98 Å². The molecule has 0 radical (unpaired) electrons. The number of aromatic nitrogens is 1. The predicted molar refractivity (Wildman–Crippen MR) is 76.2 cm³/mol. The SMILES string of the molecule is Cc1cc(C)c(OCc2nc(C)c(C)s2)cc1N. The van der Waals surface area contributed by atoms with Gasteiger partial charge in [-0.15, -0.1) is 11.3 Å². The minimum Gasteiger partial charge on any atom is -0.486 e. The standard InChI is InChI=1S/C14H18N2OS/c1-8-5-9(2)13(6-12(8)15)17-7-14-16-10(3)11(4)18-14/h5-6H,7,15H2,1-4H3. The summed E-state index contributed by atoms with van der Waals surface area (Å²) >= 11 is 1.68. The fourth-order valence-electron chi connectivity index (χ4n) is 1.74. The Hall–Kier alpha value is -1.55. The number of hydrogen-bond donors (Lipinski definition) is 1. The van der Waals surface area contributed by atoms with Gasteiger partial charge in [0.1, 0.15) is 17.4 Å². The van der Waals surface area contributed by atoms with E-state index in [9.17, 15) is 0 Å². The van der Waals surface area contributed by atoms with Crippen LogP contribution in [0.4, 0.5) is 5.69 Å². The Morgan fingerprint density at radius 1 is 1.17 bits per heavy atom. The van der Waals surface area contributed by atoms with E-state index in [0.29, 0.717) is 6.61 Å². The van der Waals surface area contributed by atoms with E-state index in [1.165, 1.54) is 4.88 Å². The molecule has 0 saturated heterocycles. The van der Waals surface area contributed by atoms with Crippen LogP contribution >= 0.6 is 11.3 Å². The first-order chi connectivity index (χ1) is 8.47. The van der Waals surface area contributed by atoms with Gasteiger partial charge in [0, 0.05) is 16.6 Å². The number of aryl methyl sites for hydroxylation is 4. The first kappa shape index (κ1) is 12.9. The minimum atomic E-state index is 0.503. The number of rotatable bonds is 3. The van der Waals surface area contributed by atoms with Crippen LogP contribution in [0.2, 0.25) is 0 Å². The van der Waals surface area contributed by atoms with Gasteiger partial charge in [-0.3, -0.25) is 0 Å². The molecule has 0 fully saturated rings. The molecule has 1 heterocycles. The van der Waals surface area contributed by atoms with Crippen LogP contribution in [0.5, 0.6) is 5.75 Å². The Labute approximate surface area is 112 Å². The second-order valence-electron chi connectivity index (χ2n) is 4.51. The van der Waals surface area contributed by atoms with Gasteiger partial charge < -0.3 is 10.5 Å². The van der Waals surface area contributed by atoms with Crippen molar-refractivity contribution in [3.05, 3.63) is 38.8 Å². The van der Waals surface area contributed by atoms with E-state index in [0.717, 1.165) is 33.3 Å². The lowest BCUT2D eigenvalue weighted by Crippen LogP contribution is -1.99. The minimum absolute atomic E-state index is 0.503. The van der Waals surface area contributed by atoms with Crippen LogP contribution in [0, 0.1) is 27.7 Å². The van der Waals surface area contributed by atoms with Gasteiger partial charge in [0.05, 0.1) is 5.69 Å². The molecule has 0 unspecified atom stereocenters. The molecule has 2 rings (SSSR count). The van der Waals surface area contributed by atoms with Crippen molar-refractivity contribution in [2.75, 3.05) is 5.73 Å². The van der Waals surface area contributed by atoms with Crippen LogP contribution in [0.1, 0.15) is 26.7 Å². The van der Waals surface area contributed by atoms with E-state index in [4.69, 9.17) is 10.5 Å². The molecule has 1 aromatic carbocycles. The van der Waals surface area contributed by atoms with Crippen molar-refractivity contribution in [3.8, 4) is 5.75 Å². The maximum atomic E-state index is 5.89. The quantitative estimate of drug-likeness (QED) is 0.861. The topological polar surface area (TPSA) is 48.1 Å². The van der Waals surface area contributed by atoms with Crippen molar-refractivity contribution in [3.63, 3.8) is 0 Å². The van der Waals surface area contributed by atoms with E-state index in [-0.39, 0.29) is 0 Å². The molecule has 96 valence electrons. The molecule has 0 aliphatic heterocycles. The van der Waals surface area contributed by atoms with Crippen molar-refractivity contribution in [2.24, 2.45) is 0 Å².